The van der Waals surface area contributed by atoms with Crippen LogP contribution in [0.25, 0.3) is 0 Å². The molecule has 1 fully saturated rings. The molecular formula is C16H21ClN4O2. The Morgan fingerprint density at radius 2 is 2.09 bits per heavy atom. The lowest BCUT2D eigenvalue weighted by molar-refractivity contribution is 0.0786. The summed E-state index contributed by atoms with van der Waals surface area (Å²) in [6.45, 7) is 3.21. The second kappa shape index (κ2) is 7.29. The van der Waals surface area contributed by atoms with Crippen LogP contribution in [0.5, 0.6) is 5.75 Å². The number of likely N-dealkylation sites (tertiary alicyclic amines) is 1. The molecule has 0 aliphatic carbocycles. The van der Waals surface area contributed by atoms with E-state index in [1.807, 2.05) is 29.1 Å². The van der Waals surface area contributed by atoms with Gasteiger partial charge in [-0.1, -0.05) is 22.9 Å². The van der Waals surface area contributed by atoms with Gasteiger partial charge in [-0.2, -0.15) is 0 Å². The summed E-state index contributed by atoms with van der Waals surface area (Å²) in [6, 6.07) is 5.69. The van der Waals surface area contributed by atoms with Crippen LogP contribution in [-0.4, -0.2) is 51.3 Å². The van der Waals surface area contributed by atoms with E-state index in [2.05, 4.69) is 15.2 Å². The fraction of sp³-hybridized carbons (Fsp3) is 0.500. The van der Waals surface area contributed by atoms with E-state index in [1.54, 1.807) is 7.11 Å². The predicted octanol–water partition coefficient (Wildman–Crippen LogP) is 1.95. The van der Waals surface area contributed by atoms with Gasteiger partial charge in [0.15, 0.2) is 0 Å². The number of ether oxygens (including phenoxy) is 1. The number of hydrogen-bond donors (Lipinski definition) is 1. The van der Waals surface area contributed by atoms with E-state index in [-0.39, 0.29) is 6.10 Å². The second-order valence-corrected chi connectivity index (χ2v) is 6.29. The lowest BCUT2D eigenvalue weighted by Gasteiger charge is -2.28. The molecule has 1 aliphatic heterocycles. The van der Waals surface area contributed by atoms with Gasteiger partial charge in [0.2, 0.25) is 0 Å². The smallest absolute Gasteiger partial charge is 0.137 e. The minimum Gasteiger partial charge on any atom is -0.495 e. The van der Waals surface area contributed by atoms with E-state index in [4.69, 9.17) is 16.3 Å². The molecule has 124 valence electrons. The van der Waals surface area contributed by atoms with Crippen molar-refractivity contribution in [2.24, 2.45) is 0 Å². The Balaban J connectivity index is 1.61. The summed E-state index contributed by atoms with van der Waals surface area (Å²) in [4.78, 5) is 2.30. The number of benzene rings is 1. The number of aliphatic hydroxyl groups excluding tert-OH is 1. The largest absolute Gasteiger partial charge is 0.495 e. The van der Waals surface area contributed by atoms with Crippen LogP contribution in [0.3, 0.4) is 0 Å². The number of rotatable bonds is 5. The van der Waals surface area contributed by atoms with Gasteiger partial charge in [-0.05, 0) is 30.5 Å². The second-order valence-electron chi connectivity index (χ2n) is 5.88. The molecule has 6 nitrogen and oxygen atoms in total. The molecule has 0 saturated carbocycles. The molecule has 1 aromatic carbocycles. The first-order chi connectivity index (χ1) is 11.1. The molecule has 0 radical (unpaired) electrons. The van der Waals surface area contributed by atoms with Crippen molar-refractivity contribution in [2.45, 2.75) is 32.0 Å². The molecule has 0 atom stereocenters. The Hall–Kier alpha value is -1.63. The van der Waals surface area contributed by atoms with Crippen molar-refractivity contribution in [2.75, 3.05) is 20.2 Å². The van der Waals surface area contributed by atoms with Gasteiger partial charge >= 0.3 is 0 Å². The number of hydrogen-bond acceptors (Lipinski definition) is 5. The van der Waals surface area contributed by atoms with Crippen molar-refractivity contribution in [1.29, 1.82) is 0 Å². The number of halogens is 1. The van der Waals surface area contributed by atoms with E-state index >= 15 is 0 Å². The normalized spacial score (nSPS) is 16.7. The van der Waals surface area contributed by atoms with Crippen LogP contribution in [0.2, 0.25) is 5.02 Å². The minimum atomic E-state index is -0.151. The molecule has 0 amide bonds. The zero-order valence-electron chi connectivity index (χ0n) is 13.2. The first-order valence-electron chi connectivity index (χ1n) is 7.76. The van der Waals surface area contributed by atoms with Gasteiger partial charge in [-0.15, -0.1) is 5.10 Å². The monoisotopic (exact) mass is 336 g/mol. The molecular weight excluding hydrogens is 316 g/mol. The maximum absolute atomic E-state index is 9.55. The number of piperidine rings is 1. The highest BCUT2D eigenvalue weighted by Crippen LogP contribution is 2.25. The topological polar surface area (TPSA) is 63.4 Å². The van der Waals surface area contributed by atoms with Crippen LogP contribution in [0, 0.1) is 0 Å². The van der Waals surface area contributed by atoms with Gasteiger partial charge in [0, 0.05) is 19.6 Å². The van der Waals surface area contributed by atoms with Crippen molar-refractivity contribution in [3.63, 3.8) is 0 Å². The summed E-state index contributed by atoms with van der Waals surface area (Å²) in [5, 5.41) is 18.6. The van der Waals surface area contributed by atoms with Crippen LogP contribution in [0.15, 0.2) is 24.4 Å². The highest BCUT2D eigenvalue weighted by atomic mass is 35.5. The average molecular weight is 337 g/mol. The Labute approximate surface area is 140 Å². The molecule has 7 heteroatoms. The highest BCUT2D eigenvalue weighted by molar-refractivity contribution is 6.32. The Morgan fingerprint density at radius 1 is 1.30 bits per heavy atom. The molecule has 0 spiro atoms. The Morgan fingerprint density at radius 3 is 2.83 bits per heavy atom. The fourth-order valence-electron chi connectivity index (χ4n) is 2.78. The first kappa shape index (κ1) is 16.2. The molecule has 2 aromatic rings. The number of methoxy groups -OCH3 is 1. The van der Waals surface area contributed by atoms with E-state index in [0.717, 1.165) is 43.7 Å². The van der Waals surface area contributed by atoms with E-state index < -0.39 is 0 Å². The summed E-state index contributed by atoms with van der Waals surface area (Å²) in [6.07, 6.45) is 3.48. The SMILES string of the molecule is COc1cc(Cn2cc(CN3CCC(O)CC3)nn2)ccc1Cl. The van der Waals surface area contributed by atoms with Gasteiger partial charge in [0.25, 0.3) is 0 Å². The third kappa shape index (κ3) is 4.22. The van der Waals surface area contributed by atoms with Crippen LogP contribution >= 0.6 is 11.6 Å². The molecule has 1 saturated heterocycles. The van der Waals surface area contributed by atoms with Crippen LogP contribution in [0.1, 0.15) is 24.1 Å². The molecule has 2 heterocycles. The summed E-state index contributed by atoms with van der Waals surface area (Å²) in [5.74, 6) is 0.663. The molecule has 1 N–H and O–H groups in total. The molecule has 1 aromatic heterocycles. The molecule has 1 aliphatic rings. The average Bonchev–Trinajstić information content (AvgIpc) is 2.98. The number of nitrogens with zero attached hydrogens (tertiary/aromatic N) is 4. The van der Waals surface area contributed by atoms with Gasteiger partial charge in [0.1, 0.15) is 5.75 Å². The zero-order chi connectivity index (χ0) is 16.2. The lowest BCUT2D eigenvalue weighted by atomic mass is 10.1. The van der Waals surface area contributed by atoms with Crippen LogP contribution in [-0.2, 0) is 13.1 Å². The number of aliphatic hydroxyl groups is 1. The highest BCUT2D eigenvalue weighted by Gasteiger charge is 2.18. The van der Waals surface area contributed by atoms with Gasteiger partial charge in [0.05, 0.1) is 36.7 Å². The van der Waals surface area contributed by atoms with Gasteiger partial charge in [-0.25, -0.2) is 4.68 Å². The quantitative estimate of drug-likeness (QED) is 0.904. The van der Waals surface area contributed by atoms with Crippen molar-refractivity contribution in [1.82, 2.24) is 19.9 Å². The summed E-state index contributed by atoms with van der Waals surface area (Å²) >= 11 is 6.04. The van der Waals surface area contributed by atoms with E-state index in [1.165, 1.54) is 0 Å². The molecule has 0 unspecified atom stereocenters. The fourth-order valence-corrected chi connectivity index (χ4v) is 2.98. The van der Waals surface area contributed by atoms with Gasteiger partial charge in [-0.3, -0.25) is 4.90 Å². The predicted molar refractivity (Wildman–Crippen MR) is 87.6 cm³/mol. The molecule has 23 heavy (non-hydrogen) atoms. The molecule has 3 rings (SSSR count). The lowest BCUT2D eigenvalue weighted by Crippen LogP contribution is -2.35. The summed E-state index contributed by atoms with van der Waals surface area (Å²) in [5.41, 5.74) is 2.01. The Bertz CT molecular complexity index is 653. The van der Waals surface area contributed by atoms with Crippen molar-refractivity contribution in [3.05, 3.63) is 40.7 Å². The first-order valence-corrected chi connectivity index (χ1v) is 8.13. The van der Waals surface area contributed by atoms with Crippen molar-refractivity contribution in [3.8, 4) is 5.75 Å². The maximum Gasteiger partial charge on any atom is 0.137 e. The van der Waals surface area contributed by atoms with Crippen molar-refractivity contribution < 1.29 is 9.84 Å². The Kier molecular flexibility index (Phi) is 5.15. The third-order valence-corrected chi connectivity index (χ3v) is 4.40. The van der Waals surface area contributed by atoms with Crippen molar-refractivity contribution >= 4 is 11.6 Å². The molecule has 0 bridgehead atoms. The van der Waals surface area contributed by atoms with E-state index in [9.17, 15) is 5.11 Å². The zero-order valence-corrected chi connectivity index (χ0v) is 13.9. The van der Waals surface area contributed by atoms with Crippen LogP contribution in [0.4, 0.5) is 0 Å². The van der Waals surface area contributed by atoms with Crippen LogP contribution < -0.4 is 4.74 Å². The minimum absolute atomic E-state index is 0.151. The standard InChI is InChI=1S/C16H21ClN4O2/c1-23-16-8-12(2-3-15(16)17)9-21-11-13(18-19-21)10-20-6-4-14(22)5-7-20/h2-3,8,11,14,22H,4-7,9-10H2,1H3. The maximum atomic E-state index is 9.55. The van der Waals surface area contributed by atoms with Gasteiger partial charge < -0.3 is 9.84 Å². The third-order valence-electron chi connectivity index (χ3n) is 4.09. The summed E-state index contributed by atoms with van der Waals surface area (Å²) in [7, 11) is 1.61. The van der Waals surface area contributed by atoms with E-state index in [0.29, 0.717) is 17.3 Å². The summed E-state index contributed by atoms with van der Waals surface area (Å²) < 4.78 is 7.05. The number of aromatic nitrogens is 3.